The van der Waals surface area contributed by atoms with Crippen LogP contribution >= 0.6 is 11.3 Å². The van der Waals surface area contributed by atoms with Crippen molar-refractivity contribution >= 4 is 17.2 Å². The van der Waals surface area contributed by atoms with Crippen molar-refractivity contribution in [3.8, 4) is 0 Å². The number of thiophene rings is 1. The molecular weight excluding hydrogens is 268 g/mol. The second kappa shape index (κ2) is 8.42. The van der Waals surface area contributed by atoms with Crippen LogP contribution in [0.3, 0.4) is 0 Å². The molecule has 0 bridgehead atoms. The molecule has 1 aliphatic heterocycles. The Morgan fingerprint density at radius 1 is 1.35 bits per heavy atom. The molecule has 4 heteroatoms. The van der Waals surface area contributed by atoms with E-state index in [1.54, 1.807) is 11.3 Å². The van der Waals surface area contributed by atoms with Crippen LogP contribution in [0.15, 0.2) is 16.8 Å². The van der Waals surface area contributed by atoms with Gasteiger partial charge in [-0.05, 0) is 54.7 Å². The number of nitrogens with zero attached hydrogens (tertiary/aromatic N) is 1. The van der Waals surface area contributed by atoms with Gasteiger partial charge in [0.1, 0.15) is 0 Å². The van der Waals surface area contributed by atoms with E-state index in [2.05, 4.69) is 27.0 Å². The molecule has 0 saturated carbocycles. The van der Waals surface area contributed by atoms with E-state index < -0.39 is 0 Å². The highest BCUT2D eigenvalue weighted by atomic mass is 32.1. The second-order valence-electron chi connectivity index (χ2n) is 5.58. The summed E-state index contributed by atoms with van der Waals surface area (Å²) in [5.41, 5.74) is 1.36. The van der Waals surface area contributed by atoms with E-state index >= 15 is 0 Å². The molecule has 1 aromatic rings. The molecule has 1 aliphatic rings. The summed E-state index contributed by atoms with van der Waals surface area (Å²) in [6.07, 6.45) is 6.80. The molecule has 1 N–H and O–H groups in total. The molecule has 0 aliphatic carbocycles. The SMILES string of the molecule is CCCC(=O)NCC(c1ccsc1)N1CCCCCC1. The Labute approximate surface area is 126 Å². The molecule has 0 radical (unpaired) electrons. The molecule has 1 saturated heterocycles. The normalized spacial score (nSPS) is 18.4. The number of hydrogen-bond donors (Lipinski definition) is 1. The lowest BCUT2D eigenvalue weighted by atomic mass is 10.1. The Morgan fingerprint density at radius 3 is 2.70 bits per heavy atom. The van der Waals surface area contributed by atoms with E-state index in [0.29, 0.717) is 12.5 Å². The monoisotopic (exact) mass is 294 g/mol. The zero-order valence-electron chi connectivity index (χ0n) is 12.4. The quantitative estimate of drug-likeness (QED) is 0.869. The number of rotatable bonds is 6. The van der Waals surface area contributed by atoms with Gasteiger partial charge in [-0.3, -0.25) is 9.69 Å². The van der Waals surface area contributed by atoms with Crippen LogP contribution in [0.25, 0.3) is 0 Å². The highest BCUT2D eigenvalue weighted by molar-refractivity contribution is 7.07. The van der Waals surface area contributed by atoms with Gasteiger partial charge < -0.3 is 5.32 Å². The van der Waals surface area contributed by atoms with E-state index in [4.69, 9.17) is 0 Å². The maximum absolute atomic E-state index is 11.7. The van der Waals surface area contributed by atoms with Crippen LogP contribution < -0.4 is 5.32 Å². The molecule has 3 nitrogen and oxygen atoms in total. The van der Waals surface area contributed by atoms with Gasteiger partial charge in [0.25, 0.3) is 0 Å². The van der Waals surface area contributed by atoms with E-state index in [1.807, 2.05) is 6.92 Å². The van der Waals surface area contributed by atoms with E-state index in [0.717, 1.165) is 26.1 Å². The molecule has 1 unspecified atom stereocenters. The molecule has 1 atom stereocenters. The van der Waals surface area contributed by atoms with Crippen LogP contribution in [0.2, 0.25) is 0 Å². The second-order valence-corrected chi connectivity index (χ2v) is 6.36. The lowest BCUT2D eigenvalue weighted by Crippen LogP contribution is -2.38. The van der Waals surface area contributed by atoms with E-state index in [1.165, 1.54) is 31.2 Å². The number of nitrogens with one attached hydrogen (secondary N) is 1. The van der Waals surface area contributed by atoms with E-state index in [9.17, 15) is 4.79 Å². The highest BCUT2D eigenvalue weighted by Crippen LogP contribution is 2.25. The lowest BCUT2D eigenvalue weighted by Gasteiger charge is -2.30. The van der Waals surface area contributed by atoms with Crippen LogP contribution in [-0.4, -0.2) is 30.4 Å². The van der Waals surface area contributed by atoms with Crippen molar-refractivity contribution in [2.75, 3.05) is 19.6 Å². The molecular formula is C16H26N2OS. The van der Waals surface area contributed by atoms with Gasteiger partial charge in [0.15, 0.2) is 0 Å². The van der Waals surface area contributed by atoms with Gasteiger partial charge in [0.05, 0.1) is 6.04 Å². The summed E-state index contributed by atoms with van der Waals surface area (Å²) < 4.78 is 0. The van der Waals surface area contributed by atoms with Gasteiger partial charge in [0, 0.05) is 13.0 Å². The maximum Gasteiger partial charge on any atom is 0.220 e. The first-order chi connectivity index (χ1) is 9.81. The summed E-state index contributed by atoms with van der Waals surface area (Å²) >= 11 is 1.74. The molecule has 0 aromatic carbocycles. The summed E-state index contributed by atoms with van der Waals surface area (Å²) in [6, 6.07) is 2.55. The van der Waals surface area contributed by atoms with Crippen molar-refractivity contribution in [1.29, 1.82) is 0 Å². The van der Waals surface area contributed by atoms with Crippen molar-refractivity contribution in [2.24, 2.45) is 0 Å². The molecule has 1 fully saturated rings. The van der Waals surface area contributed by atoms with Crippen molar-refractivity contribution < 1.29 is 4.79 Å². The van der Waals surface area contributed by atoms with Crippen molar-refractivity contribution in [3.63, 3.8) is 0 Å². The molecule has 20 heavy (non-hydrogen) atoms. The topological polar surface area (TPSA) is 32.3 Å². The predicted molar refractivity (Wildman–Crippen MR) is 85.0 cm³/mol. The summed E-state index contributed by atoms with van der Waals surface area (Å²) in [5.74, 6) is 0.183. The Morgan fingerprint density at radius 2 is 2.10 bits per heavy atom. The highest BCUT2D eigenvalue weighted by Gasteiger charge is 2.22. The average molecular weight is 294 g/mol. The van der Waals surface area contributed by atoms with Gasteiger partial charge in [-0.1, -0.05) is 19.8 Å². The molecule has 112 valence electrons. The molecule has 2 heterocycles. The van der Waals surface area contributed by atoms with Gasteiger partial charge in [0.2, 0.25) is 5.91 Å². The third kappa shape index (κ3) is 4.60. The minimum absolute atomic E-state index is 0.183. The first kappa shape index (κ1) is 15.5. The smallest absolute Gasteiger partial charge is 0.220 e. The Bertz CT molecular complexity index is 383. The minimum Gasteiger partial charge on any atom is -0.354 e. The Kier molecular flexibility index (Phi) is 6.54. The maximum atomic E-state index is 11.7. The van der Waals surface area contributed by atoms with Crippen LogP contribution in [0.5, 0.6) is 0 Å². The fourth-order valence-electron chi connectivity index (χ4n) is 2.86. The number of likely N-dealkylation sites (tertiary alicyclic amines) is 1. The number of amides is 1. The largest absolute Gasteiger partial charge is 0.354 e. The summed E-state index contributed by atoms with van der Waals surface area (Å²) in [5, 5.41) is 7.47. The summed E-state index contributed by atoms with van der Waals surface area (Å²) in [4.78, 5) is 14.3. The first-order valence-electron chi connectivity index (χ1n) is 7.84. The molecule has 1 aromatic heterocycles. The molecule has 0 spiro atoms. The number of hydrogen-bond acceptors (Lipinski definition) is 3. The van der Waals surface area contributed by atoms with Gasteiger partial charge >= 0.3 is 0 Å². The molecule has 2 rings (SSSR count). The Balaban J connectivity index is 1.98. The lowest BCUT2D eigenvalue weighted by molar-refractivity contribution is -0.121. The van der Waals surface area contributed by atoms with Gasteiger partial charge in [-0.2, -0.15) is 11.3 Å². The fraction of sp³-hybridized carbons (Fsp3) is 0.688. The predicted octanol–water partition coefficient (Wildman–Crippen LogP) is 3.58. The molecule has 1 amide bonds. The van der Waals surface area contributed by atoms with Crippen LogP contribution in [0.4, 0.5) is 0 Å². The van der Waals surface area contributed by atoms with Crippen LogP contribution in [-0.2, 0) is 4.79 Å². The van der Waals surface area contributed by atoms with Crippen LogP contribution in [0.1, 0.15) is 57.1 Å². The first-order valence-corrected chi connectivity index (χ1v) is 8.78. The van der Waals surface area contributed by atoms with E-state index in [-0.39, 0.29) is 5.91 Å². The standard InChI is InChI=1S/C16H26N2OS/c1-2-7-16(19)17-12-15(14-8-11-20-13-14)18-9-5-3-4-6-10-18/h8,11,13,15H,2-7,9-10,12H2,1H3,(H,17,19). The van der Waals surface area contributed by atoms with Crippen LogP contribution in [0, 0.1) is 0 Å². The van der Waals surface area contributed by atoms with Crippen molar-refractivity contribution in [1.82, 2.24) is 10.2 Å². The van der Waals surface area contributed by atoms with Gasteiger partial charge in [-0.25, -0.2) is 0 Å². The Hall–Kier alpha value is -0.870. The fourth-order valence-corrected chi connectivity index (χ4v) is 3.56. The number of carbonyl (C=O) groups excluding carboxylic acids is 1. The van der Waals surface area contributed by atoms with Crippen molar-refractivity contribution in [2.45, 2.75) is 51.5 Å². The third-order valence-corrected chi connectivity index (χ3v) is 4.68. The minimum atomic E-state index is 0.183. The van der Waals surface area contributed by atoms with Gasteiger partial charge in [-0.15, -0.1) is 0 Å². The average Bonchev–Trinajstić information content (AvgIpc) is 2.83. The summed E-state index contributed by atoms with van der Waals surface area (Å²) in [7, 11) is 0. The zero-order valence-corrected chi connectivity index (χ0v) is 13.3. The van der Waals surface area contributed by atoms with Crippen molar-refractivity contribution in [3.05, 3.63) is 22.4 Å². The third-order valence-electron chi connectivity index (χ3n) is 3.98. The zero-order chi connectivity index (χ0) is 14.2. The summed E-state index contributed by atoms with van der Waals surface area (Å²) in [6.45, 7) is 5.11. The number of carbonyl (C=O) groups is 1.